The van der Waals surface area contributed by atoms with Gasteiger partial charge in [-0.25, -0.2) is 4.68 Å². The van der Waals surface area contributed by atoms with Crippen molar-refractivity contribution in [1.82, 2.24) is 9.78 Å². The number of fused-ring (bicyclic) bond motifs is 1. The molecule has 0 atom stereocenters. The second kappa shape index (κ2) is 7.20. The number of furan rings is 1. The molecular weight excluding hydrogens is 404 g/mol. The Labute approximate surface area is 176 Å². The molecule has 1 aliphatic rings. The van der Waals surface area contributed by atoms with Crippen LogP contribution in [0.15, 0.2) is 71.3 Å². The van der Waals surface area contributed by atoms with E-state index in [0.717, 1.165) is 11.3 Å². The Kier molecular flexibility index (Phi) is 4.37. The van der Waals surface area contributed by atoms with Crippen LogP contribution in [0.2, 0.25) is 5.02 Å². The summed E-state index contributed by atoms with van der Waals surface area (Å²) >= 11 is 6.13. The Morgan fingerprint density at radius 2 is 2.03 bits per heavy atom. The number of hydrogen-bond acceptors (Lipinski definition) is 4. The molecule has 8 heteroatoms. The molecule has 2 N–H and O–H groups in total. The molecule has 2 amide bonds. The molecule has 7 nitrogen and oxygen atoms in total. The highest BCUT2D eigenvalue weighted by Crippen LogP contribution is 2.28. The van der Waals surface area contributed by atoms with Crippen LogP contribution in [0.3, 0.4) is 0 Å². The predicted octanol–water partition coefficient (Wildman–Crippen LogP) is 4.53. The first-order chi connectivity index (χ1) is 14.6. The zero-order valence-electron chi connectivity index (χ0n) is 15.6. The quantitative estimate of drug-likeness (QED) is 0.509. The van der Waals surface area contributed by atoms with Gasteiger partial charge < -0.3 is 15.1 Å². The first-order valence-electron chi connectivity index (χ1n) is 9.21. The van der Waals surface area contributed by atoms with Crippen LogP contribution in [0.1, 0.15) is 16.1 Å². The maximum atomic E-state index is 12.9. The van der Waals surface area contributed by atoms with Crippen molar-refractivity contribution in [3.8, 4) is 17.1 Å². The van der Waals surface area contributed by atoms with Crippen molar-refractivity contribution in [3.05, 3.63) is 83.2 Å². The molecule has 0 fully saturated rings. The number of benzene rings is 2. The van der Waals surface area contributed by atoms with Gasteiger partial charge in [-0.05, 0) is 54.1 Å². The minimum atomic E-state index is -0.374. The van der Waals surface area contributed by atoms with E-state index in [1.165, 1.54) is 0 Å². The number of anilines is 2. The van der Waals surface area contributed by atoms with Gasteiger partial charge in [0.1, 0.15) is 5.69 Å². The summed E-state index contributed by atoms with van der Waals surface area (Å²) in [6, 6.07) is 17.7. The molecule has 0 saturated carbocycles. The summed E-state index contributed by atoms with van der Waals surface area (Å²) in [6.45, 7) is 0. The zero-order chi connectivity index (χ0) is 20.7. The van der Waals surface area contributed by atoms with Crippen LogP contribution < -0.4 is 10.6 Å². The van der Waals surface area contributed by atoms with Crippen molar-refractivity contribution >= 4 is 34.8 Å². The van der Waals surface area contributed by atoms with Gasteiger partial charge in [-0.3, -0.25) is 9.59 Å². The number of nitrogens with one attached hydrogen (secondary N) is 2. The molecule has 2 aromatic heterocycles. The van der Waals surface area contributed by atoms with Gasteiger partial charge in [0, 0.05) is 22.5 Å². The van der Waals surface area contributed by atoms with E-state index < -0.39 is 0 Å². The SMILES string of the molecule is O=C1Cc2cc(NC(=O)c3cc(-c4ccco4)n(-c4cccc(Cl)c4)n3)ccc2N1. The lowest BCUT2D eigenvalue weighted by Crippen LogP contribution is -2.13. The molecule has 0 aliphatic carbocycles. The maximum absolute atomic E-state index is 12.9. The van der Waals surface area contributed by atoms with Crippen molar-refractivity contribution in [1.29, 1.82) is 0 Å². The van der Waals surface area contributed by atoms with Crippen LogP contribution >= 0.6 is 11.6 Å². The predicted molar refractivity (Wildman–Crippen MR) is 113 cm³/mol. The Morgan fingerprint density at radius 1 is 1.13 bits per heavy atom. The van der Waals surface area contributed by atoms with Crippen LogP contribution in [0.25, 0.3) is 17.1 Å². The molecule has 0 spiro atoms. The van der Waals surface area contributed by atoms with Gasteiger partial charge in [0.2, 0.25) is 5.91 Å². The molecule has 2 aromatic carbocycles. The summed E-state index contributed by atoms with van der Waals surface area (Å²) in [7, 11) is 0. The first-order valence-corrected chi connectivity index (χ1v) is 9.59. The summed E-state index contributed by atoms with van der Waals surface area (Å²) in [6.07, 6.45) is 1.86. The van der Waals surface area contributed by atoms with Gasteiger partial charge in [0.15, 0.2) is 11.5 Å². The summed E-state index contributed by atoms with van der Waals surface area (Å²) in [5, 5.41) is 10.6. The molecule has 0 unspecified atom stereocenters. The Morgan fingerprint density at radius 3 is 2.83 bits per heavy atom. The van der Waals surface area contributed by atoms with Crippen molar-refractivity contribution < 1.29 is 14.0 Å². The van der Waals surface area contributed by atoms with Gasteiger partial charge in [-0.15, -0.1) is 0 Å². The average molecular weight is 419 g/mol. The second-order valence-electron chi connectivity index (χ2n) is 6.83. The monoisotopic (exact) mass is 418 g/mol. The summed E-state index contributed by atoms with van der Waals surface area (Å²) < 4.78 is 7.14. The number of amides is 2. The van der Waals surface area contributed by atoms with Crippen molar-refractivity contribution in [2.75, 3.05) is 10.6 Å². The molecule has 5 rings (SSSR count). The van der Waals surface area contributed by atoms with Gasteiger partial charge in [-0.2, -0.15) is 5.10 Å². The molecule has 4 aromatic rings. The van der Waals surface area contributed by atoms with E-state index in [4.69, 9.17) is 16.0 Å². The van der Waals surface area contributed by atoms with Crippen molar-refractivity contribution in [3.63, 3.8) is 0 Å². The first kappa shape index (κ1) is 18.2. The topological polar surface area (TPSA) is 89.2 Å². The lowest BCUT2D eigenvalue weighted by molar-refractivity contribution is -0.115. The third-order valence-electron chi connectivity index (χ3n) is 4.76. The number of carbonyl (C=O) groups is 2. The summed E-state index contributed by atoms with van der Waals surface area (Å²) in [4.78, 5) is 24.4. The number of nitrogens with zero attached hydrogens (tertiary/aromatic N) is 2. The number of halogens is 1. The van der Waals surface area contributed by atoms with Gasteiger partial charge in [0.05, 0.1) is 18.4 Å². The fourth-order valence-corrected chi connectivity index (χ4v) is 3.58. The molecule has 0 saturated heterocycles. The third-order valence-corrected chi connectivity index (χ3v) is 4.99. The van der Waals surface area contributed by atoms with E-state index in [2.05, 4.69) is 15.7 Å². The van der Waals surface area contributed by atoms with Crippen LogP contribution in [-0.2, 0) is 11.2 Å². The summed E-state index contributed by atoms with van der Waals surface area (Å²) in [5.74, 6) is 0.140. The third kappa shape index (κ3) is 3.35. The van der Waals surface area contributed by atoms with E-state index >= 15 is 0 Å². The highest BCUT2D eigenvalue weighted by Gasteiger charge is 2.21. The van der Waals surface area contributed by atoms with Crippen molar-refractivity contribution in [2.45, 2.75) is 6.42 Å². The molecule has 148 valence electrons. The molecule has 0 radical (unpaired) electrons. The molecule has 30 heavy (non-hydrogen) atoms. The van der Waals surface area contributed by atoms with Gasteiger partial charge in [-0.1, -0.05) is 17.7 Å². The molecule has 0 bridgehead atoms. The van der Waals surface area contributed by atoms with E-state index in [1.54, 1.807) is 59.5 Å². The van der Waals surface area contributed by atoms with Crippen LogP contribution in [0.4, 0.5) is 11.4 Å². The zero-order valence-corrected chi connectivity index (χ0v) is 16.3. The lowest BCUT2D eigenvalue weighted by Gasteiger charge is -2.06. The van der Waals surface area contributed by atoms with Crippen LogP contribution in [-0.4, -0.2) is 21.6 Å². The highest BCUT2D eigenvalue weighted by molar-refractivity contribution is 6.30. The standard InChI is InChI=1S/C22H15ClN4O3/c23-14-3-1-4-16(11-14)27-19(20-5-2-8-30-20)12-18(26-27)22(29)24-15-6-7-17-13(9-15)10-21(28)25-17/h1-9,11-12H,10H2,(H,24,29)(H,25,28). The largest absolute Gasteiger partial charge is 0.463 e. The average Bonchev–Trinajstić information content (AvgIpc) is 3.46. The molecule has 3 heterocycles. The summed E-state index contributed by atoms with van der Waals surface area (Å²) in [5.41, 5.74) is 3.75. The number of carbonyl (C=O) groups excluding carboxylic acids is 2. The van der Waals surface area contributed by atoms with E-state index in [9.17, 15) is 9.59 Å². The van der Waals surface area contributed by atoms with Gasteiger partial charge in [0.25, 0.3) is 5.91 Å². The fourth-order valence-electron chi connectivity index (χ4n) is 3.40. The van der Waals surface area contributed by atoms with Gasteiger partial charge >= 0.3 is 0 Å². The number of hydrogen-bond donors (Lipinski definition) is 2. The number of aromatic nitrogens is 2. The highest BCUT2D eigenvalue weighted by atomic mass is 35.5. The Hall–Kier alpha value is -3.84. The minimum absolute atomic E-state index is 0.0585. The number of rotatable bonds is 4. The minimum Gasteiger partial charge on any atom is -0.463 e. The lowest BCUT2D eigenvalue weighted by atomic mass is 10.1. The molecular formula is C22H15ClN4O3. The fraction of sp³-hybridized carbons (Fsp3) is 0.0455. The van der Waals surface area contributed by atoms with E-state index in [0.29, 0.717) is 34.3 Å². The second-order valence-corrected chi connectivity index (χ2v) is 7.27. The van der Waals surface area contributed by atoms with E-state index in [1.807, 2.05) is 12.1 Å². The van der Waals surface area contributed by atoms with E-state index in [-0.39, 0.29) is 17.5 Å². The van der Waals surface area contributed by atoms with Crippen LogP contribution in [0, 0.1) is 0 Å². The molecule has 1 aliphatic heterocycles. The Balaban J connectivity index is 1.49. The normalized spacial score (nSPS) is 12.5. The Bertz CT molecular complexity index is 1280. The maximum Gasteiger partial charge on any atom is 0.276 e. The van der Waals surface area contributed by atoms with Crippen molar-refractivity contribution in [2.24, 2.45) is 0 Å². The van der Waals surface area contributed by atoms with Crippen LogP contribution in [0.5, 0.6) is 0 Å². The smallest absolute Gasteiger partial charge is 0.276 e.